The van der Waals surface area contributed by atoms with E-state index in [-0.39, 0.29) is 5.91 Å². The minimum atomic E-state index is -0.208. The van der Waals surface area contributed by atoms with E-state index >= 15 is 0 Å². The lowest BCUT2D eigenvalue weighted by Gasteiger charge is -2.04. The highest BCUT2D eigenvalue weighted by atomic mass is 35.5. The summed E-state index contributed by atoms with van der Waals surface area (Å²) in [6, 6.07) is 11.1. The van der Waals surface area contributed by atoms with E-state index in [2.05, 4.69) is 10.5 Å². The molecule has 0 radical (unpaired) electrons. The van der Waals surface area contributed by atoms with Gasteiger partial charge in [0.15, 0.2) is 0 Å². The minimum Gasteiger partial charge on any atom is -0.267 e. The standard InChI is InChI=1S/C14H13ClN2OS/c1-9-5-3-4-6-11(9)14(18)17-16-10(2)12-7-8-13(15)19-12/h3-8H,1-2H3,(H,17,18)/b16-10+. The summed E-state index contributed by atoms with van der Waals surface area (Å²) in [7, 11) is 0. The van der Waals surface area contributed by atoms with E-state index in [1.807, 2.05) is 44.2 Å². The largest absolute Gasteiger partial charge is 0.271 e. The van der Waals surface area contributed by atoms with Gasteiger partial charge in [0.1, 0.15) is 0 Å². The number of benzene rings is 1. The third-order valence-electron chi connectivity index (χ3n) is 2.64. The summed E-state index contributed by atoms with van der Waals surface area (Å²) in [5.41, 5.74) is 4.85. The number of carbonyl (C=O) groups excluding carboxylic acids is 1. The van der Waals surface area contributed by atoms with Gasteiger partial charge < -0.3 is 0 Å². The van der Waals surface area contributed by atoms with E-state index < -0.39 is 0 Å². The van der Waals surface area contributed by atoms with Crippen molar-refractivity contribution in [3.63, 3.8) is 0 Å². The average molecular weight is 293 g/mol. The molecule has 2 aromatic rings. The predicted molar refractivity (Wildman–Crippen MR) is 80.2 cm³/mol. The summed E-state index contributed by atoms with van der Waals surface area (Å²) in [6.45, 7) is 3.73. The van der Waals surface area contributed by atoms with Gasteiger partial charge in [0.05, 0.1) is 14.9 Å². The van der Waals surface area contributed by atoms with Gasteiger partial charge in [-0.1, -0.05) is 29.8 Å². The Hall–Kier alpha value is -1.65. The normalized spacial score (nSPS) is 11.4. The molecule has 0 saturated carbocycles. The van der Waals surface area contributed by atoms with Crippen molar-refractivity contribution in [1.82, 2.24) is 5.43 Å². The molecule has 0 bridgehead atoms. The molecule has 1 amide bonds. The van der Waals surface area contributed by atoms with Crippen LogP contribution in [0.25, 0.3) is 0 Å². The topological polar surface area (TPSA) is 41.5 Å². The van der Waals surface area contributed by atoms with Crippen LogP contribution in [0.2, 0.25) is 4.34 Å². The van der Waals surface area contributed by atoms with Crippen LogP contribution in [0.3, 0.4) is 0 Å². The number of hydrazone groups is 1. The van der Waals surface area contributed by atoms with Crippen LogP contribution in [0.4, 0.5) is 0 Å². The van der Waals surface area contributed by atoms with Crippen molar-refractivity contribution in [3.8, 4) is 0 Å². The molecule has 2 rings (SSSR count). The number of thiophene rings is 1. The lowest BCUT2D eigenvalue weighted by atomic mass is 10.1. The maximum atomic E-state index is 12.0. The van der Waals surface area contributed by atoms with Crippen LogP contribution < -0.4 is 5.43 Å². The minimum absolute atomic E-state index is 0.208. The van der Waals surface area contributed by atoms with Crippen molar-refractivity contribution >= 4 is 34.6 Å². The van der Waals surface area contributed by atoms with Gasteiger partial charge in [-0.2, -0.15) is 5.10 Å². The summed E-state index contributed by atoms with van der Waals surface area (Å²) in [5, 5.41) is 4.09. The molecule has 1 aromatic carbocycles. The number of hydrogen-bond acceptors (Lipinski definition) is 3. The summed E-state index contributed by atoms with van der Waals surface area (Å²) in [5.74, 6) is -0.208. The Bertz CT molecular complexity index is 634. The molecule has 1 aromatic heterocycles. The molecule has 5 heteroatoms. The summed E-state index contributed by atoms with van der Waals surface area (Å²) in [6.07, 6.45) is 0. The Kier molecular flexibility index (Phi) is 4.35. The molecule has 0 aliphatic carbocycles. The Morgan fingerprint density at radius 2 is 2.00 bits per heavy atom. The first-order chi connectivity index (χ1) is 9.08. The molecule has 19 heavy (non-hydrogen) atoms. The molecular weight excluding hydrogens is 280 g/mol. The summed E-state index contributed by atoms with van der Waals surface area (Å²) < 4.78 is 0.704. The molecule has 0 aliphatic heterocycles. The molecule has 1 N–H and O–H groups in total. The molecule has 3 nitrogen and oxygen atoms in total. The van der Waals surface area contributed by atoms with E-state index in [0.717, 1.165) is 16.2 Å². The van der Waals surface area contributed by atoms with Gasteiger partial charge in [0, 0.05) is 5.56 Å². The van der Waals surface area contributed by atoms with Crippen LogP contribution in [-0.2, 0) is 0 Å². The number of aryl methyl sites for hydroxylation is 1. The number of hydrogen-bond donors (Lipinski definition) is 1. The lowest BCUT2D eigenvalue weighted by Crippen LogP contribution is -2.20. The first-order valence-corrected chi connectivity index (χ1v) is 6.93. The molecule has 0 fully saturated rings. The number of amides is 1. The van der Waals surface area contributed by atoms with Gasteiger partial charge in [-0.05, 0) is 37.6 Å². The van der Waals surface area contributed by atoms with Crippen molar-refractivity contribution in [2.45, 2.75) is 13.8 Å². The van der Waals surface area contributed by atoms with Crippen molar-refractivity contribution in [3.05, 3.63) is 56.7 Å². The molecule has 0 aliphatic rings. The van der Waals surface area contributed by atoms with Crippen LogP contribution in [-0.4, -0.2) is 11.6 Å². The molecular formula is C14H13ClN2OS. The Balaban J connectivity index is 2.10. The van der Waals surface area contributed by atoms with Crippen LogP contribution in [0, 0.1) is 6.92 Å². The number of nitrogens with one attached hydrogen (secondary N) is 1. The van der Waals surface area contributed by atoms with E-state index in [1.165, 1.54) is 11.3 Å². The molecule has 0 spiro atoms. The fourth-order valence-electron chi connectivity index (χ4n) is 1.59. The second kappa shape index (κ2) is 5.99. The van der Waals surface area contributed by atoms with Gasteiger partial charge in [-0.3, -0.25) is 4.79 Å². The predicted octanol–water partition coefficient (Wildman–Crippen LogP) is 3.86. The Morgan fingerprint density at radius 1 is 1.26 bits per heavy atom. The van der Waals surface area contributed by atoms with E-state index in [4.69, 9.17) is 11.6 Å². The zero-order valence-corrected chi connectivity index (χ0v) is 12.2. The van der Waals surface area contributed by atoms with E-state index in [0.29, 0.717) is 9.90 Å². The second-order valence-electron chi connectivity index (χ2n) is 4.06. The van der Waals surface area contributed by atoms with E-state index in [1.54, 1.807) is 6.07 Å². The fourth-order valence-corrected chi connectivity index (χ4v) is 2.57. The van der Waals surface area contributed by atoms with Gasteiger partial charge in [-0.25, -0.2) is 5.43 Å². The summed E-state index contributed by atoms with van der Waals surface area (Å²) >= 11 is 7.29. The zero-order valence-electron chi connectivity index (χ0n) is 10.6. The first-order valence-electron chi connectivity index (χ1n) is 5.74. The molecule has 0 atom stereocenters. The average Bonchev–Trinajstić information content (AvgIpc) is 2.83. The smallest absolute Gasteiger partial charge is 0.267 e. The van der Waals surface area contributed by atoms with Crippen molar-refractivity contribution < 1.29 is 4.79 Å². The Morgan fingerprint density at radius 3 is 2.63 bits per heavy atom. The lowest BCUT2D eigenvalue weighted by molar-refractivity contribution is 0.0954. The van der Waals surface area contributed by atoms with E-state index in [9.17, 15) is 4.79 Å². The van der Waals surface area contributed by atoms with Crippen LogP contribution >= 0.6 is 22.9 Å². The third kappa shape index (κ3) is 3.43. The summed E-state index contributed by atoms with van der Waals surface area (Å²) in [4.78, 5) is 12.9. The van der Waals surface area contributed by atoms with Crippen LogP contribution in [0.15, 0.2) is 41.5 Å². The number of nitrogens with zero attached hydrogens (tertiary/aromatic N) is 1. The zero-order chi connectivity index (χ0) is 13.8. The first kappa shape index (κ1) is 13.8. The van der Waals surface area contributed by atoms with Crippen molar-refractivity contribution in [1.29, 1.82) is 0 Å². The van der Waals surface area contributed by atoms with Gasteiger partial charge in [-0.15, -0.1) is 11.3 Å². The van der Waals surface area contributed by atoms with Gasteiger partial charge in [0.2, 0.25) is 0 Å². The van der Waals surface area contributed by atoms with Crippen molar-refractivity contribution in [2.75, 3.05) is 0 Å². The molecule has 98 valence electrons. The van der Waals surface area contributed by atoms with Gasteiger partial charge >= 0.3 is 0 Å². The highest BCUT2D eigenvalue weighted by Gasteiger charge is 2.07. The quantitative estimate of drug-likeness (QED) is 0.677. The maximum absolute atomic E-state index is 12.0. The fraction of sp³-hybridized carbons (Fsp3) is 0.143. The number of halogens is 1. The monoisotopic (exact) mass is 292 g/mol. The Labute approximate surface area is 120 Å². The highest BCUT2D eigenvalue weighted by molar-refractivity contribution is 7.18. The number of carbonyl (C=O) groups is 1. The maximum Gasteiger partial charge on any atom is 0.271 e. The number of rotatable bonds is 3. The SMILES string of the molecule is C/C(=N\NC(=O)c1ccccc1C)c1ccc(Cl)s1. The third-order valence-corrected chi connectivity index (χ3v) is 3.98. The van der Waals surface area contributed by atoms with Crippen molar-refractivity contribution in [2.24, 2.45) is 5.10 Å². The second-order valence-corrected chi connectivity index (χ2v) is 5.77. The molecule has 0 unspecified atom stereocenters. The van der Waals surface area contributed by atoms with Crippen LogP contribution in [0.5, 0.6) is 0 Å². The van der Waals surface area contributed by atoms with Gasteiger partial charge in [0.25, 0.3) is 5.91 Å². The molecule has 0 saturated heterocycles. The van der Waals surface area contributed by atoms with Crippen LogP contribution in [0.1, 0.15) is 27.7 Å². The highest BCUT2D eigenvalue weighted by Crippen LogP contribution is 2.21. The molecule has 1 heterocycles.